The highest BCUT2D eigenvalue weighted by molar-refractivity contribution is 7.89. The summed E-state index contributed by atoms with van der Waals surface area (Å²) < 4.78 is 26.8. The molecule has 0 saturated carbocycles. The van der Waals surface area contributed by atoms with Gasteiger partial charge in [0, 0.05) is 0 Å². The van der Waals surface area contributed by atoms with Crippen LogP contribution < -0.4 is 4.72 Å². The highest BCUT2D eigenvalue weighted by Crippen LogP contribution is 2.11. The van der Waals surface area contributed by atoms with Gasteiger partial charge in [0.1, 0.15) is 11.3 Å². The molecule has 1 N–H and O–H groups in total. The van der Waals surface area contributed by atoms with Crippen LogP contribution in [0.1, 0.15) is 18.4 Å². The van der Waals surface area contributed by atoms with Gasteiger partial charge in [-0.05, 0) is 6.42 Å². The van der Waals surface area contributed by atoms with Crippen molar-refractivity contribution in [3.05, 3.63) is 11.3 Å². The number of nitrogens with one attached hydrogen (secondary N) is 1. The third kappa shape index (κ3) is 2.54. The molecule has 0 spiro atoms. The predicted molar refractivity (Wildman–Crippen MR) is 59.6 cm³/mol. The quantitative estimate of drug-likeness (QED) is 0.819. The molecule has 0 aliphatic rings. The molecule has 0 aliphatic heterocycles. The van der Waals surface area contributed by atoms with Gasteiger partial charge < -0.3 is 0 Å². The first kappa shape index (κ1) is 11.4. The van der Waals surface area contributed by atoms with Crippen molar-refractivity contribution in [2.75, 3.05) is 5.75 Å². The van der Waals surface area contributed by atoms with Gasteiger partial charge in [-0.1, -0.05) is 18.3 Å². The highest BCUT2D eigenvalue weighted by atomic mass is 32.2. The van der Waals surface area contributed by atoms with Crippen LogP contribution in [0.4, 0.5) is 0 Å². The second-order valence-electron chi connectivity index (χ2n) is 3.19. The molecule has 0 saturated heterocycles. The van der Waals surface area contributed by atoms with Crippen LogP contribution in [0.5, 0.6) is 0 Å². The Labute approximate surface area is 96.6 Å². The molecule has 2 heterocycles. The number of fused-ring (bicyclic) bond motifs is 1. The van der Waals surface area contributed by atoms with Crippen molar-refractivity contribution in [1.82, 2.24) is 24.5 Å². The van der Waals surface area contributed by atoms with Gasteiger partial charge in [-0.2, -0.15) is 9.61 Å². The van der Waals surface area contributed by atoms with E-state index >= 15 is 0 Å². The Balaban J connectivity index is 2.03. The number of hydrogen-bond acceptors (Lipinski definition) is 6. The van der Waals surface area contributed by atoms with Gasteiger partial charge in [0.05, 0.1) is 12.3 Å². The zero-order valence-corrected chi connectivity index (χ0v) is 10.3. The van der Waals surface area contributed by atoms with Crippen molar-refractivity contribution < 1.29 is 8.42 Å². The summed E-state index contributed by atoms with van der Waals surface area (Å²) in [5.74, 6) is 0.136. The van der Waals surface area contributed by atoms with E-state index in [4.69, 9.17) is 0 Å². The molecule has 0 radical (unpaired) electrons. The Kier molecular flexibility index (Phi) is 3.17. The smallest absolute Gasteiger partial charge is 0.212 e. The maximum atomic E-state index is 11.4. The first-order valence-electron chi connectivity index (χ1n) is 4.74. The number of hydrogen-bond donors (Lipinski definition) is 1. The van der Waals surface area contributed by atoms with E-state index in [1.165, 1.54) is 22.2 Å². The third-order valence-electron chi connectivity index (χ3n) is 1.84. The zero-order valence-electron chi connectivity index (χ0n) is 8.62. The zero-order chi connectivity index (χ0) is 11.6. The highest BCUT2D eigenvalue weighted by Gasteiger charge is 2.11. The minimum absolute atomic E-state index is 0.136. The molecule has 0 atom stereocenters. The fourth-order valence-corrected chi connectivity index (χ4v) is 3.07. The summed E-state index contributed by atoms with van der Waals surface area (Å²) >= 11 is 1.31. The number of rotatable bonds is 5. The van der Waals surface area contributed by atoms with Crippen molar-refractivity contribution in [1.29, 1.82) is 0 Å². The van der Waals surface area contributed by atoms with Gasteiger partial charge in [0.15, 0.2) is 0 Å². The van der Waals surface area contributed by atoms with E-state index in [2.05, 4.69) is 20.0 Å². The van der Waals surface area contributed by atoms with Crippen molar-refractivity contribution >= 4 is 26.3 Å². The summed E-state index contributed by atoms with van der Waals surface area (Å²) in [5.41, 5.74) is 0. The second kappa shape index (κ2) is 4.44. The van der Waals surface area contributed by atoms with Crippen LogP contribution in [0.25, 0.3) is 4.96 Å². The van der Waals surface area contributed by atoms with Crippen LogP contribution in [0.3, 0.4) is 0 Å². The summed E-state index contributed by atoms with van der Waals surface area (Å²) in [7, 11) is -3.18. The molecule has 7 nitrogen and oxygen atoms in total. The van der Waals surface area contributed by atoms with Gasteiger partial charge in [-0.3, -0.25) is 0 Å². The Morgan fingerprint density at radius 1 is 1.56 bits per heavy atom. The first-order valence-corrected chi connectivity index (χ1v) is 7.20. The summed E-state index contributed by atoms with van der Waals surface area (Å²) in [5, 5.41) is 12.3. The number of nitrogens with zero attached hydrogens (tertiary/aromatic N) is 4. The second-order valence-corrected chi connectivity index (χ2v) is 6.16. The van der Waals surface area contributed by atoms with E-state index in [9.17, 15) is 8.42 Å². The molecule has 0 aliphatic carbocycles. The molecule has 16 heavy (non-hydrogen) atoms. The largest absolute Gasteiger partial charge is 0.234 e. The molecular formula is C7H11N5O2S2. The minimum Gasteiger partial charge on any atom is -0.212 e. The fraction of sp³-hybridized carbons (Fsp3) is 0.571. The van der Waals surface area contributed by atoms with Gasteiger partial charge in [0.25, 0.3) is 0 Å². The normalized spacial score (nSPS) is 12.3. The average Bonchev–Trinajstić information content (AvgIpc) is 2.73. The molecule has 88 valence electrons. The number of sulfonamides is 1. The van der Waals surface area contributed by atoms with Gasteiger partial charge >= 0.3 is 0 Å². The van der Waals surface area contributed by atoms with Gasteiger partial charge in [0.2, 0.25) is 15.0 Å². The lowest BCUT2D eigenvalue weighted by Gasteiger charge is -2.01. The van der Waals surface area contributed by atoms with Crippen LogP contribution in [-0.2, 0) is 16.6 Å². The predicted octanol–water partition coefficient (Wildman–Crippen LogP) is 0.0152. The number of aromatic nitrogens is 4. The fourth-order valence-electron chi connectivity index (χ4n) is 1.19. The monoisotopic (exact) mass is 261 g/mol. The topological polar surface area (TPSA) is 89.2 Å². The molecule has 2 aromatic heterocycles. The molecule has 0 unspecified atom stereocenters. The molecule has 9 heteroatoms. The first-order chi connectivity index (χ1) is 7.61. The summed E-state index contributed by atoms with van der Waals surface area (Å²) in [6, 6.07) is 0. The molecule has 0 amide bonds. The lowest BCUT2D eigenvalue weighted by Crippen LogP contribution is -2.25. The molecule has 0 aromatic carbocycles. The van der Waals surface area contributed by atoms with E-state index in [0.717, 1.165) is 0 Å². The summed E-state index contributed by atoms with van der Waals surface area (Å²) in [4.78, 5) is 0.657. The summed E-state index contributed by atoms with van der Waals surface area (Å²) in [6.45, 7) is 2.03. The van der Waals surface area contributed by atoms with E-state index < -0.39 is 10.0 Å². The van der Waals surface area contributed by atoms with Crippen LogP contribution in [0.15, 0.2) is 6.33 Å². The van der Waals surface area contributed by atoms with E-state index in [0.29, 0.717) is 16.4 Å². The van der Waals surface area contributed by atoms with Crippen LogP contribution in [-0.4, -0.2) is 34.0 Å². The van der Waals surface area contributed by atoms with E-state index in [1.54, 1.807) is 0 Å². The maximum absolute atomic E-state index is 11.4. The Morgan fingerprint density at radius 2 is 2.38 bits per heavy atom. The van der Waals surface area contributed by atoms with Crippen LogP contribution >= 0.6 is 11.3 Å². The Bertz CT molecular complexity index is 544. The third-order valence-corrected chi connectivity index (χ3v) is 4.29. The lowest BCUT2D eigenvalue weighted by molar-refractivity contribution is 0.579. The van der Waals surface area contributed by atoms with E-state index in [1.807, 2.05) is 6.92 Å². The minimum atomic E-state index is -3.18. The van der Waals surface area contributed by atoms with Crippen molar-refractivity contribution in [2.24, 2.45) is 0 Å². The van der Waals surface area contributed by atoms with Crippen molar-refractivity contribution in [2.45, 2.75) is 19.9 Å². The lowest BCUT2D eigenvalue weighted by atomic mass is 10.6. The van der Waals surface area contributed by atoms with Crippen molar-refractivity contribution in [3.63, 3.8) is 0 Å². The van der Waals surface area contributed by atoms with Crippen LogP contribution in [0.2, 0.25) is 0 Å². The van der Waals surface area contributed by atoms with Crippen molar-refractivity contribution in [3.8, 4) is 0 Å². The van der Waals surface area contributed by atoms with Crippen LogP contribution in [0, 0.1) is 0 Å². The standard InChI is InChI=1S/C7H11N5O2S2/c1-2-3-16(13,14)9-4-6-11-12-5-8-10-7(12)15-6/h5,9H,2-4H2,1H3. The Morgan fingerprint density at radius 3 is 3.06 bits per heavy atom. The van der Waals surface area contributed by atoms with E-state index in [-0.39, 0.29) is 12.3 Å². The molecule has 0 fully saturated rings. The van der Waals surface area contributed by atoms with Gasteiger partial charge in [-0.15, -0.1) is 10.2 Å². The maximum Gasteiger partial charge on any atom is 0.234 e. The Hall–Kier alpha value is -1.06. The molecule has 0 bridgehead atoms. The molecule has 2 rings (SSSR count). The molecular weight excluding hydrogens is 250 g/mol. The average molecular weight is 261 g/mol. The summed E-state index contributed by atoms with van der Waals surface area (Å²) in [6.07, 6.45) is 2.08. The van der Waals surface area contributed by atoms with Gasteiger partial charge in [-0.25, -0.2) is 13.1 Å². The SMILES string of the molecule is CCCS(=O)(=O)NCc1nn2cnnc2s1. The molecule has 2 aromatic rings.